The van der Waals surface area contributed by atoms with Crippen LogP contribution in [-0.2, 0) is 6.54 Å². The highest BCUT2D eigenvalue weighted by atomic mass is 19.1. The molecule has 28 heavy (non-hydrogen) atoms. The van der Waals surface area contributed by atoms with Gasteiger partial charge in [-0.1, -0.05) is 12.1 Å². The van der Waals surface area contributed by atoms with E-state index in [-0.39, 0.29) is 28.1 Å². The number of aryl methyl sites for hydroxylation is 1. The molecule has 0 unspecified atom stereocenters. The van der Waals surface area contributed by atoms with Gasteiger partial charge in [-0.15, -0.1) is 0 Å². The zero-order valence-corrected chi connectivity index (χ0v) is 16.2. The molecule has 6 heteroatoms. The third kappa shape index (κ3) is 3.87. The molecule has 3 heterocycles. The highest BCUT2D eigenvalue weighted by molar-refractivity contribution is 5.94. The van der Waals surface area contributed by atoms with Crippen molar-refractivity contribution in [2.45, 2.75) is 32.7 Å². The predicted octanol–water partition coefficient (Wildman–Crippen LogP) is 2.95. The van der Waals surface area contributed by atoms with Crippen LogP contribution in [0.5, 0.6) is 0 Å². The number of H-pyrrole nitrogens is 1. The topological polar surface area (TPSA) is 56.4 Å². The lowest BCUT2D eigenvalue weighted by molar-refractivity contribution is 0.0674. The molecule has 2 aromatic rings. The van der Waals surface area contributed by atoms with Crippen LogP contribution in [0.4, 0.5) is 4.39 Å². The quantitative estimate of drug-likeness (QED) is 0.887. The molecule has 4 rings (SSSR count). The van der Waals surface area contributed by atoms with Crippen LogP contribution < -0.4 is 5.43 Å². The second-order valence-corrected chi connectivity index (χ2v) is 8.31. The van der Waals surface area contributed by atoms with Crippen LogP contribution in [0.25, 0.3) is 0 Å². The van der Waals surface area contributed by atoms with Crippen molar-refractivity contribution in [3.8, 4) is 0 Å². The standard InChI is InChI=1S/C22H26FN3O2/c1-16-11-20(27)19(12-24-16)21(28)26-10-8-22(15-26)7-2-9-25(14-22)13-17-3-5-18(23)6-4-17/h3-6,11-12H,2,7-10,13-15H2,1H3,(H,24,27)/t22-/m0/s1. The van der Waals surface area contributed by atoms with E-state index in [1.54, 1.807) is 6.92 Å². The molecule has 0 radical (unpaired) electrons. The summed E-state index contributed by atoms with van der Waals surface area (Å²) >= 11 is 0. The Morgan fingerprint density at radius 1 is 1.18 bits per heavy atom. The number of nitrogens with one attached hydrogen (secondary N) is 1. The maximum Gasteiger partial charge on any atom is 0.259 e. The van der Waals surface area contributed by atoms with E-state index in [1.807, 2.05) is 17.0 Å². The van der Waals surface area contributed by atoms with Crippen molar-refractivity contribution < 1.29 is 9.18 Å². The summed E-state index contributed by atoms with van der Waals surface area (Å²) in [5.41, 5.74) is 1.95. The van der Waals surface area contributed by atoms with Crippen molar-refractivity contribution in [1.82, 2.24) is 14.8 Å². The van der Waals surface area contributed by atoms with Gasteiger partial charge in [-0.2, -0.15) is 0 Å². The highest BCUT2D eigenvalue weighted by Crippen LogP contribution is 2.39. The molecule has 0 bridgehead atoms. The molecule has 0 saturated carbocycles. The van der Waals surface area contributed by atoms with E-state index in [9.17, 15) is 14.0 Å². The van der Waals surface area contributed by atoms with Gasteiger partial charge in [0.2, 0.25) is 0 Å². The Bertz CT molecular complexity index is 924. The van der Waals surface area contributed by atoms with Gasteiger partial charge in [0.1, 0.15) is 11.4 Å². The summed E-state index contributed by atoms with van der Waals surface area (Å²) in [5.74, 6) is -0.385. The molecular formula is C22H26FN3O2. The first-order valence-corrected chi connectivity index (χ1v) is 9.90. The number of halogens is 1. The lowest BCUT2D eigenvalue weighted by Gasteiger charge is -2.40. The molecule has 1 N–H and O–H groups in total. The number of hydrogen-bond acceptors (Lipinski definition) is 3. The Hall–Kier alpha value is -2.47. The van der Waals surface area contributed by atoms with Crippen molar-refractivity contribution in [2.75, 3.05) is 26.2 Å². The minimum Gasteiger partial charge on any atom is -0.364 e. The van der Waals surface area contributed by atoms with Crippen LogP contribution in [0.3, 0.4) is 0 Å². The number of rotatable bonds is 3. The molecule has 1 atom stereocenters. The molecular weight excluding hydrogens is 357 g/mol. The van der Waals surface area contributed by atoms with Crippen molar-refractivity contribution in [2.24, 2.45) is 5.41 Å². The van der Waals surface area contributed by atoms with Gasteiger partial charge < -0.3 is 9.88 Å². The van der Waals surface area contributed by atoms with Crippen molar-refractivity contribution in [1.29, 1.82) is 0 Å². The molecule has 1 aromatic carbocycles. The van der Waals surface area contributed by atoms with E-state index in [1.165, 1.54) is 24.4 Å². The molecule has 2 fully saturated rings. The third-order valence-electron chi connectivity index (χ3n) is 6.07. The molecule has 2 saturated heterocycles. The van der Waals surface area contributed by atoms with Gasteiger partial charge in [-0.25, -0.2) is 4.39 Å². The average molecular weight is 383 g/mol. The fourth-order valence-electron chi connectivity index (χ4n) is 4.65. The average Bonchev–Trinajstić information content (AvgIpc) is 3.06. The van der Waals surface area contributed by atoms with Crippen LogP contribution >= 0.6 is 0 Å². The number of likely N-dealkylation sites (tertiary alicyclic amines) is 2. The molecule has 1 aromatic heterocycles. The zero-order chi connectivity index (χ0) is 19.7. The smallest absolute Gasteiger partial charge is 0.259 e. The maximum absolute atomic E-state index is 13.1. The highest BCUT2D eigenvalue weighted by Gasteiger charge is 2.43. The van der Waals surface area contributed by atoms with Gasteiger partial charge in [-0.05, 0) is 50.4 Å². The number of aromatic amines is 1. The first kappa shape index (κ1) is 18.9. The molecule has 2 aliphatic heterocycles. The van der Waals surface area contributed by atoms with E-state index in [2.05, 4.69) is 9.88 Å². The van der Waals surface area contributed by atoms with Gasteiger partial charge in [0.15, 0.2) is 5.43 Å². The van der Waals surface area contributed by atoms with Crippen LogP contribution in [0.2, 0.25) is 0 Å². The Morgan fingerprint density at radius 2 is 1.96 bits per heavy atom. The fraction of sp³-hybridized carbons (Fsp3) is 0.455. The summed E-state index contributed by atoms with van der Waals surface area (Å²) in [4.78, 5) is 32.3. The Balaban J connectivity index is 1.43. The van der Waals surface area contributed by atoms with Crippen LogP contribution in [0.1, 0.15) is 40.9 Å². The largest absolute Gasteiger partial charge is 0.364 e. The van der Waals surface area contributed by atoms with Gasteiger partial charge >= 0.3 is 0 Å². The second kappa shape index (κ2) is 7.51. The zero-order valence-electron chi connectivity index (χ0n) is 16.2. The number of amides is 1. The minimum atomic E-state index is -0.219. The van der Waals surface area contributed by atoms with E-state index < -0.39 is 0 Å². The Labute approximate surface area is 164 Å². The number of carbonyl (C=O) groups excluding carboxylic acids is 1. The Morgan fingerprint density at radius 3 is 2.71 bits per heavy atom. The molecule has 5 nitrogen and oxygen atoms in total. The molecule has 2 aliphatic rings. The number of nitrogens with zero attached hydrogens (tertiary/aromatic N) is 2. The molecule has 1 amide bonds. The van der Waals surface area contributed by atoms with Crippen molar-refractivity contribution in [3.05, 3.63) is 69.4 Å². The van der Waals surface area contributed by atoms with E-state index in [0.717, 1.165) is 50.2 Å². The third-order valence-corrected chi connectivity index (χ3v) is 6.07. The van der Waals surface area contributed by atoms with Gasteiger partial charge in [0.25, 0.3) is 5.91 Å². The summed E-state index contributed by atoms with van der Waals surface area (Å²) in [7, 11) is 0. The molecule has 0 aliphatic carbocycles. The van der Waals surface area contributed by atoms with Crippen LogP contribution in [0, 0.1) is 18.2 Å². The van der Waals surface area contributed by atoms with Gasteiger partial charge in [-0.3, -0.25) is 14.5 Å². The fourth-order valence-corrected chi connectivity index (χ4v) is 4.65. The number of piperidine rings is 1. The molecule has 148 valence electrons. The first-order valence-electron chi connectivity index (χ1n) is 9.90. The monoisotopic (exact) mass is 383 g/mol. The first-order chi connectivity index (χ1) is 13.4. The normalized spacial score (nSPS) is 22.7. The second-order valence-electron chi connectivity index (χ2n) is 8.31. The summed E-state index contributed by atoms with van der Waals surface area (Å²) in [6.07, 6.45) is 4.68. The van der Waals surface area contributed by atoms with Crippen molar-refractivity contribution >= 4 is 5.91 Å². The lowest BCUT2D eigenvalue weighted by Crippen LogP contribution is -2.45. The Kier molecular flexibility index (Phi) is 5.06. The predicted molar refractivity (Wildman–Crippen MR) is 106 cm³/mol. The summed E-state index contributed by atoms with van der Waals surface area (Å²) < 4.78 is 13.1. The van der Waals surface area contributed by atoms with Crippen molar-refractivity contribution in [3.63, 3.8) is 0 Å². The SMILES string of the molecule is Cc1cc(=O)c(C(=O)N2CC[C@]3(CCCN(Cc4ccc(F)cc4)C3)C2)c[nH]1. The lowest BCUT2D eigenvalue weighted by atomic mass is 9.79. The van der Waals surface area contributed by atoms with Crippen LogP contribution in [0.15, 0.2) is 41.3 Å². The number of benzene rings is 1. The maximum atomic E-state index is 13.1. The number of pyridine rings is 1. The van der Waals surface area contributed by atoms with E-state index >= 15 is 0 Å². The summed E-state index contributed by atoms with van der Waals surface area (Å²) in [6.45, 7) is 5.94. The van der Waals surface area contributed by atoms with Gasteiger partial charge in [0.05, 0.1) is 0 Å². The summed E-state index contributed by atoms with van der Waals surface area (Å²) in [5, 5.41) is 0. The number of aromatic nitrogens is 1. The van der Waals surface area contributed by atoms with E-state index in [0.29, 0.717) is 13.1 Å². The molecule has 1 spiro atoms. The van der Waals surface area contributed by atoms with Gasteiger partial charge in [0, 0.05) is 49.6 Å². The van der Waals surface area contributed by atoms with E-state index in [4.69, 9.17) is 0 Å². The summed E-state index contributed by atoms with van der Waals surface area (Å²) in [6, 6.07) is 8.16. The number of carbonyl (C=O) groups is 1. The number of hydrogen-bond donors (Lipinski definition) is 1. The van der Waals surface area contributed by atoms with Crippen LogP contribution in [-0.4, -0.2) is 46.9 Å². The minimum absolute atomic E-state index is 0.0887.